The van der Waals surface area contributed by atoms with Gasteiger partial charge in [-0.1, -0.05) is 0 Å². The van der Waals surface area contributed by atoms with Crippen molar-refractivity contribution in [2.45, 2.75) is 16.7 Å². The molecule has 0 bridgehead atoms. The fraction of sp³-hybridized carbons (Fsp3) is 0.333. The quantitative estimate of drug-likeness (QED) is 0.783. The molecule has 1 aromatic carbocycles. The minimum Gasteiger partial charge on any atom is -0.406 e. The second-order valence-electron chi connectivity index (χ2n) is 3.33. The second kappa shape index (κ2) is 3.88. The Morgan fingerprint density at radius 3 is 2.18 bits per heavy atom. The Balaban J connectivity index is 2.18. The lowest BCUT2D eigenvalue weighted by Gasteiger charge is -2.09. The van der Waals surface area contributed by atoms with Gasteiger partial charge in [0.2, 0.25) is 9.84 Å². The Kier molecular flexibility index (Phi) is 2.78. The van der Waals surface area contributed by atoms with Crippen molar-refractivity contribution >= 4 is 9.84 Å². The maximum atomic E-state index is 11.9. The summed E-state index contributed by atoms with van der Waals surface area (Å²) in [5, 5.41) is 0. The lowest BCUT2D eigenvalue weighted by Crippen LogP contribution is -2.17. The fourth-order valence-electron chi connectivity index (χ4n) is 1.20. The average molecular weight is 268 g/mol. The molecule has 1 fully saturated rings. The molecule has 1 atom stereocenters. The molecule has 0 saturated carbocycles. The molecular formula is C9H7F3O4S. The SMILES string of the molecule is O=S(=O)(c1ccc(OC(F)(F)F)cc1)C1CO1. The van der Waals surface area contributed by atoms with E-state index < -0.39 is 27.4 Å². The molecule has 1 unspecified atom stereocenters. The van der Waals surface area contributed by atoms with Crippen LogP contribution in [0.1, 0.15) is 0 Å². The van der Waals surface area contributed by atoms with Crippen molar-refractivity contribution in [3.8, 4) is 5.75 Å². The van der Waals surface area contributed by atoms with Crippen LogP contribution in [0, 0.1) is 0 Å². The number of sulfone groups is 1. The number of ether oxygens (including phenoxy) is 2. The van der Waals surface area contributed by atoms with E-state index in [0.29, 0.717) is 0 Å². The van der Waals surface area contributed by atoms with Crippen LogP contribution in [0.3, 0.4) is 0 Å². The van der Waals surface area contributed by atoms with Gasteiger partial charge in [-0.25, -0.2) is 8.42 Å². The summed E-state index contributed by atoms with van der Waals surface area (Å²) in [6, 6.07) is 4.00. The first-order valence-corrected chi connectivity index (χ1v) is 6.05. The standard InChI is InChI=1S/C9H7F3O4S/c10-9(11,12)16-6-1-3-7(4-2-6)17(13,14)8-5-15-8/h1-4,8H,5H2. The van der Waals surface area contributed by atoms with E-state index in [1.54, 1.807) is 0 Å². The molecule has 0 aliphatic carbocycles. The fourth-order valence-corrected chi connectivity index (χ4v) is 2.46. The van der Waals surface area contributed by atoms with Gasteiger partial charge in [0, 0.05) is 0 Å². The van der Waals surface area contributed by atoms with Gasteiger partial charge in [0.15, 0.2) is 5.44 Å². The maximum absolute atomic E-state index is 11.9. The molecule has 1 heterocycles. The normalized spacial score (nSPS) is 20.1. The predicted molar refractivity (Wildman–Crippen MR) is 50.1 cm³/mol. The van der Waals surface area contributed by atoms with E-state index in [4.69, 9.17) is 0 Å². The van der Waals surface area contributed by atoms with Crippen LogP contribution < -0.4 is 4.74 Å². The van der Waals surface area contributed by atoms with E-state index in [1.807, 2.05) is 0 Å². The van der Waals surface area contributed by atoms with Crippen molar-refractivity contribution in [2.24, 2.45) is 0 Å². The summed E-state index contributed by atoms with van der Waals surface area (Å²) in [7, 11) is -3.59. The average Bonchev–Trinajstić information content (AvgIpc) is 2.98. The topological polar surface area (TPSA) is 55.9 Å². The van der Waals surface area contributed by atoms with Gasteiger partial charge in [0.25, 0.3) is 0 Å². The second-order valence-corrected chi connectivity index (χ2v) is 5.41. The monoisotopic (exact) mass is 268 g/mol. The third kappa shape index (κ3) is 2.89. The van der Waals surface area contributed by atoms with Crippen LogP contribution >= 0.6 is 0 Å². The lowest BCUT2D eigenvalue weighted by atomic mass is 10.3. The van der Waals surface area contributed by atoms with Gasteiger partial charge in [-0.2, -0.15) is 0 Å². The number of epoxide rings is 1. The molecule has 0 amide bonds. The van der Waals surface area contributed by atoms with Crippen LogP contribution in [-0.4, -0.2) is 26.8 Å². The number of hydrogen-bond acceptors (Lipinski definition) is 4. The van der Waals surface area contributed by atoms with E-state index in [9.17, 15) is 21.6 Å². The maximum Gasteiger partial charge on any atom is 0.573 e. The summed E-state index contributed by atoms with van der Waals surface area (Å²) in [5.41, 5.74) is -0.878. The van der Waals surface area contributed by atoms with Gasteiger partial charge in [0.1, 0.15) is 5.75 Å². The highest BCUT2D eigenvalue weighted by Crippen LogP contribution is 2.28. The highest BCUT2D eigenvalue weighted by Gasteiger charge is 2.38. The first-order valence-electron chi connectivity index (χ1n) is 4.50. The Hall–Kier alpha value is -1.28. The van der Waals surface area contributed by atoms with E-state index in [-0.39, 0.29) is 11.5 Å². The number of benzene rings is 1. The number of rotatable bonds is 3. The van der Waals surface area contributed by atoms with Crippen molar-refractivity contribution in [3.63, 3.8) is 0 Å². The van der Waals surface area contributed by atoms with Crippen molar-refractivity contribution in [2.75, 3.05) is 6.61 Å². The summed E-state index contributed by atoms with van der Waals surface area (Å²) < 4.78 is 67.0. The summed E-state index contributed by atoms with van der Waals surface area (Å²) in [6.07, 6.45) is -4.79. The largest absolute Gasteiger partial charge is 0.573 e. The highest BCUT2D eigenvalue weighted by atomic mass is 32.2. The Morgan fingerprint density at radius 2 is 1.76 bits per heavy atom. The Morgan fingerprint density at radius 1 is 1.24 bits per heavy atom. The van der Waals surface area contributed by atoms with Crippen molar-refractivity contribution in [3.05, 3.63) is 24.3 Å². The third-order valence-corrected chi connectivity index (χ3v) is 3.93. The minimum atomic E-state index is -4.79. The smallest absolute Gasteiger partial charge is 0.406 e. The van der Waals surface area contributed by atoms with E-state index in [2.05, 4.69) is 9.47 Å². The molecule has 94 valence electrons. The molecule has 0 N–H and O–H groups in total. The molecule has 1 aromatic rings. The Labute approximate surface area is 94.9 Å². The molecule has 1 saturated heterocycles. The molecule has 0 radical (unpaired) electrons. The van der Waals surface area contributed by atoms with Gasteiger partial charge in [0.05, 0.1) is 11.5 Å². The van der Waals surface area contributed by atoms with Crippen LogP contribution in [0.5, 0.6) is 5.75 Å². The summed E-state index contributed by atoms with van der Waals surface area (Å²) in [4.78, 5) is -0.0884. The van der Waals surface area contributed by atoms with Gasteiger partial charge in [-0.3, -0.25) is 0 Å². The molecule has 2 rings (SSSR count). The minimum absolute atomic E-state index is 0.0884. The highest BCUT2D eigenvalue weighted by molar-refractivity contribution is 7.92. The van der Waals surface area contributed by atoms with Gasteiger partial charge in [-0.05, 0) is 24.3 Å². The van der Waals surface area contributed by atoms with Crippen molar-refractivity contribution in [1.29, 1.82) is 0 Å². The first kappa shape index (κ1) is 12.2. The summed E-state index contributed by atoms with van der Waals surface area (Å²) in [5.74, 6) is -0.465. The molecule has 1 aliphatic heterocycles. The number of hydrogen-bond donors (Lipinski definition) is 0. The summed E-state index contributed by atoms with van der Waals surface area (Å²) >= 11 is 0. The molecule has 17 heavy (non-hydrogen) atoms. The molecule has 0 spiro atoms. The zero-order chi connectivity index (χ0) is 12.7. The van der Waals surface area contributed by atoms with Crippen molar-refractivity contribution in [1.82, 2.24) is 0 Å². The third-order valence-electron chi connectivity index (χ3n) is 2.03. The molecule has 0 aromatic heterocycles. The van der Waals surface area contributed by atoms with Crippen LogP contribution in [0.15, 0.2) is 29.2 Å². The molecule has 4 nitrogen and oxygen atoms in total. The molecule has 1 aliphatic rings. The van der Waals surface area contributed by atoms with Gasteiger partial charge in [-0.15, -0.1) is 13.2 Å². The molecule has 8 heteroatoms. The number of alkyl halides is 3. The van der Waals surface area contributed by atoms with Crippen LogP contribution in [0.25, 0.3) is 0 Å². The van der Waals surface area contributed by atoms with E-state index in [1.165, 1.54) is 0 Å². The first-order chi connectivity index (χ1) is 7.79. The predicted octanol–water partition coefficient (Wildman–Crippen LogP) is 1.72. The van der Waals surface area contributed by atoms with E-state index >= 15 is 0 Å². The van der Waals surface area contributed by atoms with E-state index in [0.717, 1.165) is 24.3 Å². The molecular weight excluding hydrogens is 261 g/mol. The van der Waals surface area contributed by atoms with Crippen molar-refractivity contribution < 1.29 is 31.1 Å². The zero-order valence-corrected chi connectivity index (χ0v) is 9.09. The van der Waals surface area contributed by atoms with Crippen LogP contribution in [0.2, 0.25) is 0 Å². The van der Waals surface area contributed by atoms with Gasteiger partial charge < -0.3 is 9.47 Å². The van der Waals surface area contributed by atoms with Crippen LogP contribution in [-0.2, 0) is 14.6 Å². The zero-order valence-electron chi connectivity index (χ0n) is 8.27. The van der Waals surface area contributed by atoms with Crippen LogP contribution in [0.4, 0.5) is 13.2 Å². The Bertz CT molecular complexity index is 502. The number of halogens is 3. The summed E-state index contributed by atoms with van der Waals surface area (Å²) in [6.45, 7) is 0.114. The lowest BCUT2D eigenvalue weighted by molar-refractivity contribution is -0.274. The van der Waals surface area contributed by atoms with Gasteiger partial charge >= 0.3 is 6.36 Å².